The maximum atomic E-state index is 11.6. The van der Waals surface area contributed by atoms with Crippen LogP contribution in [-0.4, -0.2) is 25.7 Å². The van der Waals surface area contributed by atoms with E-state index in [-0.39, 0.29) is 18.6 Å². The number of esters is 1. The molecule has 1 aromatic rings. The van der Waals surface area contributed by atoms with E-state index in [2.05, 4.69) is 15.9 Å². The van der Waals surface area contributed by atoms with Gasteiger partial charge in [0.1, 0.15) is 12.4 Å². The molecule has 0 fully saturated rings. The van der Waals surface area contributed by atoms with Crippen LogP contribution in [0.2, 0.25) is 0 Å². The van der Waals surface area contributed by atoms with Crippen molar-refractivity contribution in [3.8, 4) is 5.75 Å². The molecule has 2 N–H and O–H groups in total. The Hall–Kier alpha value is -1.07. The molecule has 1 atom stereocenters. The van der Waals surface area contributed by atoms with Crippen molar-refractivity contribution in [1.29, 1.82) is 0 Å². The molecule has 0 spiro atoms. The second-order valence-electron chi connectivity index (χ2n) is 5.61. The van der Waals surface area contributed by atoms with Gasteiger partial charge >= 0.3 is 5.97 Å². The normalized spacial score (nSPS) is 12.9. The van der Waals surface area contributed by atoms with Gasteiger partial charge in [-0.3, -0.25) is 4.79 Å². The van der Waals surface area contributed by atoms with Crippen molar-refractivity contribution in [2.24, 2.45) is 11.1 Å². The van der Waals surface area contributed by atoms with Crippen LogP contribution >= 0.6 is 15.9 Å². The SMILES string of the molecule is COC(=O)C(C)(C)COc1ccc(CC(C)N)cc1Br. The number of nitrogens with two attached hydrogens (primary N) is 1. The third-order valence-electron chi connectivity index (χ3n) is 2.88. The van der Waals surface area contributed by atoms with Gasteiger partial charge in [0.2, 0.25) is 0 Å². The number of carbonyl (C=O) groups excluding carboxylic acids is 1. The van der Waals surface area contributed by atoms with Gasteiger partial charge in [0.15, 0.2) is 0 Å². The summed E-state index contributed by atoms with van der Waals surface area (Å²) >= 11 is 3.48. The zero-order valence-corrected chi connectivity index (χ0v) is 14.0. The maximum Gasteiger partial charge on any atom is 0.314 e. The monoisotopic (exact) mass is 343 g/mol. The second-order valence-corrected chi connectivity index (χ2v) is 6.46. The highest BCUT2D eigenvalue weighted by Gasteiger charge is 2.30. The minimum atomic E-state index is -0.682. The molecule has 0 aromatic heterocycles. The first-order chi connectivity index (χ1) is 9.26. The molecule has 0 amide bonds. The third-order valence-corrected chi connectivity index (χ3v) is 3.50. The van der Waals surface area contributed by atoms with Crippen LogP contribution in [0.15, 0.2) is 22.7 Å². The number of methoxy groups -OCH3 is 1. The van der Waals surface area contributed by atoms with E-state index in [1.165, 1.54) is 7.11 Å². The van der Waals surface area contributed by atoms with Gasteiger partial charge in [-0.15, -0.1) is 0 Å². The van der Waals surface area contributed by atoms with Gasteiger partial charge in [-0.05, 0) is 60.8 Å². The van der Waals surface area contributed by atoms with Crippen molar-refractivity contribution < 1.29 is 14.3 Å². The fraction of sp³-hybridized carbons (Fsp3) is 0.533. The van der Waals surface area contributed by atoms with Crippen LogP contribution in [0.1, 0.15) is 26.3 Å². The highest BCUT2D eigenvalue weighted by atomic mass is 79.9. The molecule has 0 bridgehead atoms. The lowest BCUT2D eigenvalue weighted by atomic mass is 9.95. The number of benzene rings is 1. The number of carbonyl (C=O) groups is 1. The van der Waals surface area contributed by atoms with E-state index in [0.29, 0.717) is 5.75 Å². The van der Waals surface area contributed by atoms with E-state index in [0.717, 1.165) is 16.5 Å². The van der Waals surface area contributed by atoms with Crippen molar-refractivity contribution in [2.75, 3.05) is 13.7 Å². The van der Waals surface area contributed by atoms with Crippen molar-refractivity contribution in [3.05, 3.63) is 28.2 Å². The summed E-state index contributed by atoms with van der Waals surface area (Å²) in [6.07, 6.45) is 0.812. The van der Waals surface area contributed by atoms with Gasteiger partial charge in [0.05, 0.1) is 17.0 Å². The molecular formula is C15H22BrNO3. The molecule has 0 saturated heterocycles. The molecule has 4 nitrogen and oxygen atoms in total. The van der Waals surface area contributed by atoms with Crippen molar-refractivity contribution in [2.45, 2.75) is 33.2 Å². The van der Waals surface area contributed by atoms with Crippen LogP contribution in [-0.2, 0) is 16.0 Å². The fourth-order valence-electron chi connectivity index (χ4n) is 1.75. The van der Waals surface area contributed by atoms with Gasteiger partial charge in [-0.2, -0.15) is 0 Å². The quantitative estimate of drug-likeness (QED) is 0.806. The van der Waals surface area contributed by atoms with E-state index in [1.807, 2.05) is 25.1 Å². The van der Waals surface area contributed by atoms with E-state index < -0.39 is 5.41 Å². The van der Waals surface area contributed by atoms with Crippen molar-refractivity contribution in [3.63, 3.8) is 0 Å². The lowest BCUT2D eigenvalue weighted by molar-refractivity contribution is -0.152. The molecular weight excluding hydrogens is 322 g/mol. The minimum absolute atomic E-state index is 0.118. The molecule has 0 aliphatic heterocycles. The van der Waals surface area contributed by atoms with Gasteiger partial charge in [0.25, 0.3) is 0 Å². The Morgan fingerprint density at radius 2 is 2.10 bits per heavy atom. The maximum absolute atomic E-state index is 11.6. The van der Waals surface area contributed by atoms with Gasteiger partial charge in [-0.25, -0.2) is 0 Å². The average Bonchev–Trinajstić information content (AvgIpc) is 2.36. The lowest BCUT2D eigenvalue weighted by Gasteiger charge is -2.22. The molecule has 0 aliphatic rings. The number of hydrogen-bond acceptors (Lipinski definition) is 4. The number of rotatable bonds is 6. The average molecular weight is 344 g/mol. The van der Waals surface area contributed by atoms with Gasteiger partial charge in [-0.1, -0.05) is 6.07 Å². The van der Waals surface area contributed by atoms with E-state index in [1.54, 1.807) is 13.8 Å². The van der Waals surface area contributed by atoms with Crippen LogP contribution < -0.4 is 10.5 Å². The Morgan fingerprint density at radius 1 is 1.45 bits per heavy atom. The molecule has 112 valence electrons. The van der Waals surface area contributed by atoms with Crippen LogP contribution in [0.5, 0.6) is 5.75 Å². The zero-order chi connectivity index (χ0) is 15.3. The summed E-state index contributed by atoms with van der Waals surface area (Å²) < 4.78 is 11.3. The molecule has 5 heteroatoms. The standard InChI is InChI=1S/C15H22BrNO3/c1-10(17)7-11-5-6-13(12(16)8-11)20-9-15(2,3)14(18)19-4/h5-6,8,10H,7,9,17H2,1-4H3. The lowest BCUT2D eigenvalue weighted by Crippen LogP contribution is -2.32. The summed E-state index contributed by atoms with van der Waals surface area (Å²) in [4.78, 5) is 11.6. The molecule has 1 unspecified atom stereocenters. The Morgan fingerprint density at radius 3 is 2.60 bits per heavy atom. The van der Waals surface area contributed by atoms with Gasteiger partial charge < -0.3 is 15.2 Å². The Bertz CT molecular complexity index is 472. The summed E-state index contributed by atoms with van der Waals surface area (Å²) in [6.45, 7) is 5.80. The molecule has 0 saturated carbocycles. The summed E-state index contributed by atoms with van der Waals surface area (Å²) in [5, 5.41) is 0. The zero-order valence-electron chi connectivity index (χ0n) is 12.4. The number of ether oxygens (including phenoxy) is 2. The third kappa shape index (κ3) is 4.80. The van der Waals surface area contributed by atoms with Crippen LogP contribution in [0, 0.1) is 5.41 Å². The summed E-state index contributed by atoms with van der Waals surface area (Å²) in [5.41, 5.74) is 6.24. The Kier molecular flexibility index (Phi) is 6.02. The summed E-state index contributed by atoms with van der Waals surface area (Å²) in [6, 6.07) is 5.97. The molecule has 0 heterocycles. The molecule has 0 aliphatic carbocycles. The van der Waals surface area contributed by atoms with Gasteiger partial charge in [0, 0.05) is 6.04 Å². The predicted octanol–water partition coefficient (Wildman–Crippen LogP) is 2.92. The van der Waals surface area contributed by atoms with Crippen molar-refractivity contribution >= 4 is 21.9 Å². The molecule has 1 rings (SSSR count). The van der Waals surface area contributed by atoms with Crippen LogP contribution in [0.3, 0.4) is 0 Å². The number of halogens is 1. The first kappa shape index (κ1) is 17.0. The molecule has 20 heavy (non-hydrogen) atoms. The predicted molar refractivity (Wildman–Crippen MR) is 82.8 cm³/mol. The van der Waals surface area contributed by atoms with Crippen LogP contribution in [0.4, 0.5) is 0 Å². The largest absolute Gasteiger partial charge is 0.491 e. The van der Waals surface area contributed by atoms with E-state index in [4.69, 9.17) is 15.2 Å². The smallest absolute Gasteiger partial charge is 0.314 e. The number of hydrogen-bond donors (Lipinski definition) is 1. The summed E-state index contributed by atoms with van der Waals surface area (Å²) in [7, 11) is 1.38. The van der Waals surface area contributed by atoms with E-state index in [9.17, 15) is 4.79 Å². The minimum Gasteiger partial charge on any atom is -0.491 e. The summed E-state index contributed by atoms with van der Waals surface area (Å²) in [5.74, 6) is 0.414. The first-order valence-corrected chi connectivity index (χ1v) is 7.31. The highest BCUT2D eigenvalue weighted by molar-refractivity contribution is 9.10. The highest BCUT2D eigenvalue weighted by Crippen LogP contribution is 2.28. The van der Waals surface area contributed by atoms with Crippen LogP contribution in [0.25, 0.3) is 0 Å². The van der Waals surface area contributed by atoms with E-state index >= 15 is 0 Å². The Balaban J connectivity index is 2.72. The fourth-order valence-corrected chi connectivity index (χ4v) is 2.29. The topological polar surface area (TPSA) is 61.5 Å². The molecule has 0 radical (unpaired) electrons. The Labute approximate surface area is 128 Å². The van der Waals surface area contributed by atoms with Crippen molar-refractivity contribution in [1.82, 2.24) is 0 Å². The first-order valence-electron chi connectivity index (χ1n) is 6.51. The molecule has 1 aromatic carbocycles. The second kappa shape index (κ2) is 7.09.